The smallest absolute Gasteiger partial charge is 0.211 e. The lowest BCUT2D eigenvalue weighted by atomic mass is 10.0. The maximum absolute atomic E-state index is 10.2. The van der Waals surface area contributed by atoms with Gasteiger partial charge in [0.15, 0.2) is 0 Å². The van der Waals surface area contributed by atoms with Crippen molar-refractivity contribution in [2.24, 2.45) is 4.99 Å². The van der Waals surface area contributed by atoms with Gasteiger partial charge in [-0.25, -0.2) is 9.79 Å². The third-order valence-electron chi connectivity index (χ3n) is 2.77. The molecule has 2 heteroatoms. The van der Waals surface area contributed by atoms with Crippen LogP contribution in [0, 0.1) is 0 Å². The molecule has 0 aromatic heterocycles. The van der Waals surface area contributed by atoms with Gasteiger partial charge in [0.05, 0.1) is 6.04 Å². The molecule has 0 spiro atoms. The van der Waals surface area contributed by atoms with E-state index in [1.807, 2.05) is 0 Å². The molecule has 0 aliphatic heterocycles. The summed E-state index contributed by atoms with van der Waals surface area (Å²) in [4.78, 5) is 14.1. The van der Waals surface area contributed by atoms with Crippen molar-refractivity contribution in [3.05, 3.63) is 0 Å². The van der Waals surface area contributed by atoms with Crippen molar-refractivity contribution < 1.29 is 4.79 Å². The molecule has 0 aromatic carbocycles. The van der Waals surface area contributed by atoms with Crippen LogP contribution in [-0.4, -0.2) is 12.1 Å². The summed E-state index contributed by atoms with van der Waals surface area (Å²) in [5.41, 5.74) is 0. The minimum Gasteiger partial charge on any atom is -0.211 e. The first-order valence-corrected chi connectivity index (χ1v) is 6.42. The molecule has 88 valence electrons. The van der Waals surface area contributed by atoms with Gasteiger partial charge < -0.3 is 0 Å². The Morgan fingerprint density at radius 3 is 2.00 bits per heavy atom. The van der Waals surface area contributed by atoms with E-state index in [1.165, 1.54) is 44.9 Å². The Morgan fingerprint density at radius 2 is 1.47 bits per heavy atom. The van der Waals surface area contributed by atoms with Crippen molar-refractivity contribution in [1.82, 2.24) is 0 Å². The van der Waals surface area contributed by atoms with Crippen molar-refractivity contribution in [2.75, 3.05) is 0 Å². The summed E-state index contributed by atoms with van der Waals surface area (Å²) in [6.45, 7) is 4.40. The van der Waals surface area contributed by atoms with E-state index in [-0.39, 0.29) is 6.04 Å². The second kappa shape index (κ2) is 11.5. The second-order valence-corrected chi connectivity index (χ2v) is 4.22. The third kappa shape index (κ3) is 9.68. The molecule has 1 unspecified atom stereocenters. The van der Waals surface area contributed by atoms with Crippen molar-refractivity contribution in [1.29, 1.82) is 0 Å². The minimum atomic E-state index is 0.242. The Labute approximate surface area is 94.2 Å². The van der Waals surface area contributed by atoms with Gasteiger partial charge in [0.2, 0.25) is 6.08 Å². The molecule has 0 bridgehead atoms. The standard InChI is InChI=1S/C13H25NO/c1-3-5-7-9-11-13(14-12-15)10-8-6-4-2/h13H,3-11H2,1-2H3. The van der Waals surface area contributed by atoms with Crippen LogP contribution in [0.4, 0.5) is 0 Å². The van der Waals surface area contributed by atoms with Gasteiger partial charge >= 0.3 is 0 Å². The minimum absolute atomic E-state index is 0.242. The summed E-state index contributed by atoms with van der Waals surface area (Å²) < 4.78 is 0. The van der Waals surface area contributed by atoms with Crippen molar-refractivity contribution >= 4 is 6.08 Å². The predicted octanol–water partition coefficient (Wildman–Crippen LogP) is 4.24. The zero-order valence-corrected chi connectivity index (χ0v) is 10.3. The number of rotatable bonds is 10. The van der Waals surface area contributed by atoms with Crippen molar-refractivity contribution in [3.63, 3.8) is 0 Å². The summed E-state index contributed by atoms with van der Waals surface area (Å²) in [5.74, 6) is 0. The van der Waals surface area contributed by atoms with E-state index in [4.69, 9.17) is 0 Å². The van der Waals surface area contributed by atoms with E-state index in [1.54, 1.807) is 6.08 Å². The van der Waals surface area contributed by atoms with Crippen LogP contribution in [0.1, 0.15) is 71.6 Å². The molecule has 0 saturated heterocycles. The SMILES string of the molecule is CCCCCCC(CCCCC)N=C=O. The number of nitrogens with zero attached hydrogens (tertiary/aromatic N) is 1. The maximum Gasteiger partial charge on any atom is 0.235 e. The number of carbonyl (C=O) groups excluding carboxylic acids is 1. The highest BCUT2D eigenvalue weighted by Gasteiger charge is 2.05. The van der Waals surface area contributed by atoms with Crippen LogP contribution in [0.3, 0.4) is 0 Å². The Morgan fingerprint density at radius 1 is 0.933 bits per heavy atom. The zero-order valence-electron chi connectivity index (χ0n) is 10.3. The molecule has 0 rings (SSSR count). The van der Waals surface area contributed by atoms with E-state index in [0.29, 0.717) is 0 Å². The summed E-state index contributed by atoms with van der Waals surface area (Å²) in [6.07, 6.45) is 12.6. The van der Waals surface area contributed by atoms with Crippen LogP contribution < -0.4 is 0 Å². The fourth-order valence-electron chi connectivity index (χ4n) is 1.78. The Hall–Kier alpha value is -0.620. The molecule has 0 aromatic rings. The highest BCUT2D eigenvalue weighted by molar-refractivity contribution is 5.33. The van der Waals surface area contributed by atoms with Gasteiger partial charge in [-0.15, -0.1) is 0 Å². The van der Waals surface area contributed by atoms with Gasteiger partial charge in [-0.05, 0) is 12.8 Å². The number of aliphatic imine (C=N–C) groups is 1. The van der Waals surface area contributed by atoms with E-state index in [9.17, 15) is 4.79 Å². The van der Waals surface area contributed by atoms with Crippen LogP contribution in [-0.2, 0) is 4.79 Å². The van der Waals surface area contributed by atoms with Crippen molar-refractivity contribution in [2.45, 2.75) is 77.7 Å². The average Bonchev–Trinajstić information content (AvgIpc) is 2.24. The molecule has 0 heterocycles. The lowest BCUT2D eigenvalue weighted by Crippen LogP contribution is -2.04. The second-order valence-electron chi connectivity index (χ2n) is 4.22. The normalized spacial score (nSPS) is 12.1. The van der Waals surface area contributed by atoms with E-state index in [0.717, 1.165) is 12.8 Å². The van der Waals surface area contributed by atoms with Crippen LogP contribution in [0.5, 0.6) is 0 Å². The molecule has 0 N–H and O–H groups in total. The topological polar surface area (TPSA) is 29.4 Å². The van der Waals surface area contributed by atoms with E-state index >= 15 is 0 Å². The summed E-state index contributed by atoms with van der Waals surface area (Å²) in [5, 5.41) is 0. The van der Waals surface area contributed by atoms with Gasteiger partial charge in [0.1, 0.15) is 0 Å². The molecule has 15 heavy (non-hydrogen) atoms. The quantitative estimate of drug-likeness (QED) is 0.302. The molecule has 2 nitrogen and oxygen atoms in total. The first kappa shape index (κ1) is 14.4. The Kier molecular flexibility index (Phi) is 11.0. The molecule has 0 radical (unpaired) electrons. The lowest BCUT2D eigenvalue weighted by molar-refractivity contribution is 0.491. The summed E-state index contributed by atoms with van der Waals surface area (Å²) >= 11 is 0. The first-order valence-electron chi connectivity index (χ1n) is 6.42. The molecule has 0 aliphatic rings. The number of hydrogen-bond donors (Lipinski definition) is 0. The maximum atomic E-state index is 10.2. The molecule has 0 aliphatic carbocycles. The lowest BCUT2D eigenvalue weighted by Gasteiger charge is -2.09. The first-order chi connectivity index (χ1) is 7.35. The van der Waals surface area contributed by atoms with Crippen LogP contribution in [0.15, 0.2) is 4.99 Å². The van der Waals surface area contributed by atoms with Crippen LogP contribution >= 0.6 is 0 Å². The molecule has 0 fully saturated rings. The zero-order chi connectivity index (χ0) is 11.4. The summed E-state index contributed by atoms with van der Waals surface area (Å²) in [6, 6.07) is 0.242. The van der Waals surface area contributed by atoms with Gasteiger partial charge in [-0.2, -0.15) is 0 Å². The van der Waals surface area contributed by atoms with Gasteiger partial charge in [0, 0.05) is 0 Å². The van der Waals surface area contributed by atoms with Crippen molar-refractivity contribution in [3.8, 4) is 0 Å². The van der Waals surface area contributed by atoms with Gasteiger partial charge in [0.25, 0.3) is 0 Å². The highest BCUT2D eigenvalue weighted by Crippen LogP contribution is 2.14. The van der Waals surface area contributed by atoms with Crippen LogP contribution in [0.2, 0.25) is 0 Å². The third-order valence-corrected chi connectivity index (χ3v) is 2.77. The largest absolute Gasteiger partial charge is 0.235 e. The summed E-state index contributed by atoms with van der Waals surface area (Å²) in [7, 11) is 0. The van der Waals surface area contributed by atoms with E-state index < -0.39 is 0 Å². The predicted molar refractivity (Wildman–Crippen MR) is 64.8 cm³/mol. The van der Waals surface area contributed by atoms with Gasteiger partial charge in [-0.3, -0.25) is 0 Å². The number of isocyanates is 1. The van der Waals surface area contributed by atoms with Gasteiger partial charge in [-0.1, -0.05) is 58.8 Å². The number of hydrogen-bond acceptors (Lipinski definition) is 2. The molecule has 0 saturated carbocycles. The Bertz CT molecular complexity index is 173. The molecule has 0 amide bonds. The van der Waals surface area contributed by atoms with Crippen LogP contribution in [0.25, 0.3) is 0 Å². The monoisotopic (exact) mass is 211 g/mol. The van der Waals surface area contributed by atoms with E-state index in [2.05, 4.69) is 18.8 Å². The molecule has 1 atom stereocenters. The number of unbranched alkanes of at least 4 members (excludes halogenated alkanes) is 5. The molecular weight excluding hydrogens is 186 g/mol. The Balaban J connectivity index is 3.58. The highest BCUT2D eigenvalue weighted by atomic mass is 16.1. The average molecular weight is 211 g/mol. The fourth-order valence-corrected chi connectivity index (χ4v) is 1.78. The fraction of sp³-hybridized carbons (Fsp3) is 0.923. The molecular formula is C13H25NO.